The van der Waals surface area contributed by atoms with Crippen LogP contribution in [0.15, 0.2) is 36.4 Å². The zero-order valence-corrected chi connectivity index (χ0v) is 16.8. The highest BCUT2D eigenvalue weighted by Gasteiger charge is 2.15. The minimum atomic E-state index is -0.751. The van der Waals surface area contributed by atoms with Crippen LogP contribution in [0.1, 0.15) is 28.4 Å². The summed E-state index contributed by atoms with van der Waals surface area (Å²) in [6.45, 7) is 5.38. The first-order valence-electron chi connectivity index (χ1n) is 9.00. The van der Waals surface area contributed by atoms with Gasteiger partial charge >= 0.3 is 12.0 Å². The Bertz CT molecular complexity index is 910. The van der Waals surface area contributed by atoms with Gasteiger partial charge in [0.15, 0.2) is 18.1 Å². The summed E-state index contributed by atoms with van der Waals surface area (Å²) in [5.74, 6) is -0.608. The molecule has 0 atom stereocenters. The van der Waals surface area contributed by atoms with Crippen LogP contribution in [-0.4, -0.2) is 38.2 Å². The van der Waals surface area contributed by atoms with Crippen molar-refractivity contribution in [1.29, 1.82) is 0 Å². The van der Waals surface area contributed by atoms with E-state index >= 15 is 0 Å². The average Bonchev–Trinajstić information content (AvgIpc) is 2.68. The van der Waals surface area contributed by atoms with Crippen molar-refractivity contribution in [3.05, 3.63) is 53.1 Å². The van der Waals surface area contributed by atoms with Gasteiger partial charge in [0.25, 0.3) is 5.91 Å². The number of urea groups is 1. The molecule has 29 heavy (non-hydrogen) atoms. The van der Waals surface area contributed by atoms with E-state index in [1.54, 1.807) is 19.1 Å². The van der Waals surface area contributed by atoms with Crippen LogP contribution >= 0.6 is 0 Å². The molecule has 0 aliphatic carbocycles. The molecule has 154 valence electrons. The van der Waals surface area contributed by atoms with Crippen molar-refractivity contribution in [2.45, 2.75) is 20.8 Å². The molecule has 8 heteroatoms. The molecule has 0 aliphatic rings. The molecular weight excluding hydrogens is 376 g/mol. The number of methoxy groups -OCH3 is 1. The van der Waals surface area contributed by atoms with Crippen LogP contribution in [0.5, 0.6) is 11.5 Å². The number of rotatable bonds is 7. The number of hydrogen-bond donors (Lipinski definition) is 2. The summed E-state index contributed by atoms with van der Waals surface area (Å²) < 4.78 is 15.5. The fraction of sp³-hybridized carbons (Fsp3) is 0.286. The molecule has 2 aromatic rings. The molecule has 0 unspecified atom stereocenters. The Balaban J connectivity index is 1.89. The number of esters is 1. The van der Waals surface area contributed by atoms with Crippen LogP contribution < -0.4 is 20.1 Å². The summed E-state index contributed by atoms with van der Waals surface area (Å²) >= 11 is 0. The number of hydrogen-bond acceptors (Lipinski definition) is 6. The first kappa shape index (κ1) is 21.7. The second-order valence-corrected chi connectivity index (χ2v) is 6.20. The van der Waals surface area contributed by atoms with Crippen molar-refractivity contribution in [2.24, 2.45) is 0 Å². The number of amides is 3. The quantitative estimate of drug-likeness (QED) is 0.692. The molecule has 0 saturated heterocycles. The fourth-order valence-corrected chi connectivity index (χ4v) is 2.56. The SMILES string of the molecule is CCOc1cc(C(=O)OCC(=O)NC(=O)Nc2ccc(C)cc2C)ccc1OC. The molecule has 0 aliphatic heterocycles. The molecule has 0 radical (unpaired) electrons. The van der Waals surface area contributed by atoms with Gasteiger partial charge in [-0.3, -0.25) is 10.1 Å². The second kappa shape index (κ2) is 10.1. The minimum Gasteiger partial charge on any atom is -0.493 e. The summed E-state index contributed by atoms with van der Waals surface area (Å²) in [4.78, 5) is 36.0. The van der Waals surface area contributed by atoms with Gasteiger partial charge in [0, 0.05) is 5.69 Å². The molecule has 0 fully saturated rings. The number of ether oxygens (including phenoxy) is 3. The van der Waals surface area contributed by atoms with Crippen LogP contribution in [0.25, 0.3) is 0 Å². The van der Waals surface area contributed by atoms with Gasteiger partial charge in [-0.15, -0.1) is 0 Å². The van der Waals surface area contributed by atoms with Crippen LogP contribution in [0, 0.1) is 13.8 Å². The predicted octanol–water partition coefficient (Wildman–Crippen LogP) is 3.22. The topological polar surface area (TPSA) is 103 Å². The number of anilines is 1. The molecule has 2 rings (SSSR count). The molecule has 0 aromatic heterocycles. The molecule has 2 N–H and O–H groups in total. The first-order valence-corrected chi connectivity index (χ1v) is 9.00. The third-order valence-corrected chi connectivity index (χ3v) is 3.92. The van der Waals surface area contributed by atoms with Crippen molar-refractivity contribution in [1.82, 2.24) is 5.32 Å². The van der Waals surface area contributed by atoms with Gasteiger partial charge in [0.1, 0.15) is 0 Å². The molecule has 3 amide bonds. The molecule has 0 spiro atoms. The predicted molar refractivity (Wildman–Crippen MR) is 108 cm³/mol. The van der Waals surface area contributed by atoms with Crippen LogP contribution in [0.2, 0.25) is 0 Å². The van der Waals surface area contributed by atoms with E-state index < -0.39 is 24.5 Å². The van der Waals surface area contributed by atoms with Crippen LogP contribution in [0.4, 0.5) is 10.5 Å². The molecule has 8 nitrogen and oxygen atoms in total. The average molecular weight is 400 g/mol. The molecule has 2 aromatic carbocycles. The number of imide groups is 1. The van der Waals surface area contributed by atoms with E-state index in [-0.39, 0.29) is 5.56 Å². The Hall–Kier alpha value is -3.55. The maximum atomic E-state index is 12.2. The van der Waals surface area contributed by atoms with E-state index in [2.05, 4.69) is 10.6 Å². The van der Waals surface area contributed by atoms with E-state index in [1.165, 1.54) is 19.2 Å². The lowest BCUT2D eigenvalue weighted by atomic mass is 10.1. The van der Waals surface area contributed by atoms with E-state index in [0.29, 0.717) is 23.8 Å². The first-order chi connectivity index (χ1) is 13.8. The highest BCUT2D eigenvalue weighted by atomic mass is 16.5. The monoisotopic (exact) mass is 400 g/mol. The number of benzene rings is 2. The summed E-state index contributed by atoms with van der Waals surface area (Å²) in [5, 5.41) is 4.70. The van der Waals surface area contributed by atoms with E-state index in [4.69, 9.17) is 14.2 Å². The Kier molecular flexibility index (Phi) is 7.59. The van der Waals surface area contributed by atoms with Gasteiger partial charge < -0.3 is 19.5 Å². The molecular formula is C21H24N2O6. The van der Waals surface area contributed by atoms with Gasteiger partial charge in [0.05, 0.1) is 19.3 Å². The number of carbonyl (C=O) groups is 3. The van der Waals surface area contributed by atoms with Gasteiger partial charge in [-0.05, 0) is 50.6 Å². The maximum absolute atomic E-state index is 12.2. The summed E-state index contributed by atoms with van der Waals surface area (Å²) in [7, 11) is 1.49. The third kappa shape index (κ3) is 6.24. The Morgan fingerprint density at radius 1 is 1.00 bits per heavy atom. The molecule has 0 bridgehead atoms. The number of carbonyl (C=O) groups excluding carboxylic acids is 3. The smallest absolute Gasteiger partial charge is 0.338 e. The van der Waals surface area contributed by atoms with E-state index in [9.17, 15) is 14.4 Å². The van der Waals surface area contributed by atoms with E-state index in [0.717, 1.165) is 11.1 Å². The third-order valence-electron chi connectivity index (χ3n) is 3.92. The van der Waals surface area contributed by atoms with E-state index in [1.807, 2.05) is 26.0 Å². The summed E-state index contributed by atoms with van der Waals surface area (Å²) in [5.41, 5.74) is 2.70. The van der Waals surface area contributed by atoms with Crippen molar-refractivity contribution < 1.29 is 28.6 Å². The highest BCUT2D eigenvalue weighted by Crippen LogP contribution is 2.28. The van der Waals surface area contributed by atoms with Gasteiger partial charge in [-0.25, -0.2) is 9.59 Å². The lowest BCUT2D eigenvalue weighted by Crippen LogP contribution is -2.37. The summed E-state index contributed by atoms with van der Waals surface area (Å²) in [6.07, 6.45) is 0. The van der Waals surface area contributed by atoms with Crippen LogP contribution in [-0.2, 0) is 9.53 Å². The Morgan fingerprint density at radius 2 is 1.76 bits per heavy atom. The Morgan fingerprint density at radius 3 is 2.41 bits per heavy atom. The van der Waals surface area contributed by atoms with Gasteiger partial charge in [-0.1, -0.05) is 17.7 Å². The molecule has 0 heterocycles. The zero-order chi connectivity index (χ0) is 21.4. The number of nitrogens with one attached hydrogen (secondary N) is 2. The van der Waals surface area contributed by atoms with Crippen molar-refractivity contribution in [3.63, 3.8) is 0 Å². The van der Waals surface area contributed by atoms with Crippen LogP contribution in [0.3, 0.4) is 0 Å². The standard InChI is InChI=1S/C21H24N2O6/c1-5-28-18-11-15(7-9-17(18)27-4)20(25)29-12-19(24)23-21(26)22-16-8-6-13(2)10-14(16)3/h6-11H,5,12H2,1-4H3,(H2,22,23,24,26). The van der Waals surface area contributed by atoms with Crippen molar-refractivity contribution in [2.75, 3.05) is 25.6 Å². The molecule has 0 saturated carbocycles. The normalized spacial score (nSPS) is 10.1. The second-order valence-electron chi connectivity index (χ2n) is 6.20. The van der Waals surface area contributed by atoms with Crippen molar-refractivity contribution in [3.8, 4) is 11.5 Å². The lowest BCUT2D eigenvalue weighted by Gasteiger charge is -2.11. The zero-order valence-electron chi connectivity index (χ0n) is 16.8. The Labute approximate surface area is 169 Å². The maximum Gasteiger partial charge on any atom is 0.338 e. The minimum absolute atomic E-state index is 0.196. The van der Waals surface area contributed by atoms with Gasteiger partial charge in [0.2, 0.25) is 0 Å². The lowest BCUT2D eigenvalue weighted by molar-refractivity contribution is -0.123. The largest absolute Gasteiger partial charge is 0.493 e. The number of aryl methyl sites for hydroxylation is 2. The fourth-order valence-electron chi connectivity index (χ4n) is 2.56. The summed E-state index contributed by atoms with van der Waals surface area (Å²) in [6, 6.07) is 9.32. The highest BCUT2D eigenvalue weighted by molar-refractivity contribution is 6.02. The van der Waals surface area contributed by atoms with Gasteiger partial charge in [-0.2, -0.15) is 0 Å². The van der Waals surface area contributed by atoms with Crippen molar-refractivity contribution >= 4 is 23.6 Å².